The molecule has 0 aliphatic carbocycles. The fourth-order valence-corrected chi connectivity index (χ4v) is 5.15. The summed E-state index contributed by atoms with van der Waals surface area (Å²) < 4.78 is 0. The maximum Gasteiger partial charge on any atom is 0.334 e. The van der Waals surface area contributed by atoms with Gasteiger partial charge in [-0.2, -0.15) is 0 Å². The predicted molar refractivity (Wildman–Crippen MR) is 140 cm³/mol. The third-order valence-corrected chi connectivity index (χ3v) is 7.08. The second-order valence-electron chi connectivity index (χ2n) is 9.82. The number of carbonyl (C=O) groups excluding carboxylic acids is 3. The van der Waals surface area contributed by atoms with Gasteiger partial charge in [-0.05, 0) is 29.7 Å². The van der Waals surface area contributed by atoms with Crippen LogP contribution in [0.1, 0.15) is 43.7 Å². The van der Waals surface area contributed by atoms with E-state index < -0.39 is 12.2 Å². The average molecular weight is 508 g/mol. The molecule has 2 aliphatic rings. The van der Waals surface area contributed by atoms with Crippen LogP contribution < -0.4 is 5.32 Å². The molecule has 2 aliphatic heterocycles. The summed E-state index contributed by atoms with van der Waals surface area (Å²) in [5.74, 6) is -0.128. The molecule has 0 aromatic heterocycles. The number of likely N-dealkylation sites (N-methyl/N-ethyl adjacent to an activating group) is 1. The number of hydrogen-bond acceptors (Lipinski definition) is 5. The van der Waals surface area contributed by atoms with Crippen molar-refractivity contribution in [2.45, 2.75) is 57.8 Å². The summed E-state index contributed by atoms with van der Waals surface area (Å²) in [4.78, 5) is 43.8. The molecule has 37 heavy (non-hydrogen) atoms. The zero-order valence-corrected chi connectivity index (χ0v) is 21.7. The van der Waals surface area contributed by atoms with E-state index in [9.17, 15) is 19.5 Å². The smallest absolute Gasteiger partial charge is 0.334 e. The summed E-state index contributed by atoms with van der Waals surface area (Å²) in [5, 5.41) is 15.9. The van der Waals surface area contributed by atoms with Gasteiger partial charge in [-0.3, -0.25) is 9.59 Å². The number of fused-ring (bicyclic) bond motifs is 1. The number of carbonyl (C=O) groups is 3. The molecule has 4 amide bonds. The first kappa shape index (κ1) is 26.5. The number of nitrogens with zero attached hydrogens (tertiary/aromatic N) is 4. The summed E-state index contributed by atoms with van der Waals surface area (Å²) >= 11 is 0. The summed E-state index contributed by atoms with van der Waals surface area (Å²) in [7, 11) is 1.73. The lowest BCUT2D eigenvalue weighted by Gasteiger charge is -2.54. The topological polar surface area (TPSA) is 96.4 Å². The fourth-order valence-electron chi connectivity index (χ4n) is 5.15. The largest absolute Gasteiger partial charge is 0.508 e. The lowest BCUT2D eigenvalue weighted by atomic mass is 9.98. The minimum atomic E-state index is -0.722. The molecule has 2 aromatic carbocycles. The first-order valence-electron chi connectivity index (χ1n) is 13.1. The molecule has 2 saturated heterocycles. The number of hydrogen-bond donors (Lipinski definition) is 2. The highest BCUT2D eigenvalue weighted by Crippen LogP contribution is 2.28. The molecule has 0 spiro atoms. The molecule has 2 aromatic rings. The lowest BCUT2D eigenvalue weighted by Crippen LogP contribution is -2.76. The number of aromatic hydroxyl groups is 1. The van der Waals surface area contributed by atoms with Gasteiger partial charge >= 0.3 is 6.03 Å². The van der Waals surface area contributed by atoms with Gasteiger partial charge in [0.25, 0.3) is 0 Å². The molecule has 9 nitrogen and oxygen atoms in total. The van der Waals surface area contributed by atoms with Gasteiger partial charge in [0.2, 0.25) is 11.8 Å². The molecule has 0 saturated carbocycles. The van der Waals surface area contributed by atoms with Crippen molar-refractivity contribution in [2.75, 3.05) is 26.7 Å². The zero-order chi connectivity index (χ0) is 26.4. The highest BCUT2D eigenvalue weighted by atomic mass is 16.3. The van der Waals surface area contributed by atoms with E-state index in [1.165, 1.54) is 0 Å². The quantitative estimate of drug-likeness (QED) is 0.509. The second-order valence-corrected chi connectivity index (χ2v) is 9.82. The van der Waals surface area contributed by atoms with Crippen LogP contribution in [0.5, 0.6) is 5.75 Å². The number of benzene rings is 2. The van der Waals surface area contributed by atoms with Crippen LogP contribution in [0.25, 0.3) is 0 Å². The number of piperazine rings is 1. The lowest BCUT2D eigenvalue weighted by molar-refractivity contribution is -0.186. The number of phenols is 1. The highest BCUT2D eigenvalue weighted by Gasteiger charge is 2.50. The molecule has 2 fully saturated rings. The molecule has 2 heterocycles. The van der Waals surface area contributed by atoms with Crippen LogP contribution in [-0.2, 0) is 22.6 Å². The zero-order valence-electron chi connectivity index (χ0n) is 21.7. The summed E-state index contributed by atoms with van der Waals surface area (Å²) in [6.07, 6.45) is 3.81. The van der Waals surface area contributed by atoms with Gasteiger partial charge in [-0.1, -0.05) is 68.7 Å². The van der Waals surface area contributed by atoms with Gasteiger partial charge in [0, 0.05) is 26.6 Å². The monoisotopic (exact) mass is 507 g/mol. The van der Waals surface area contributed by atoms with Gasteiger partial charge in [-0.15, -0.1) is 0 Å². The van der Waals surface area contributed by atoms with Crippen molar-refractivity contribution >= 4 is 17.8 Å². The Labute approximate surface area is 218 Å². The highest BCUT2D eigenvalue weighted by molar-refractivity contribution is 5.91. The van der Waals surface area contributed by atoms with Crippen LogP contribution in [0.15, 0.2) is 54.6 Å². The normalized spacial score (nSPS) is 20.2. The maximum atomic E-state index is 13.7. The number of phenolic OH excluding ortho intramolecular Hbond substituents is 1. The second kappa shape index (κ2) is 12.1. The van der Waals surface area contributed by atoms with Gasteiger partial charge in [0.15, 0.2) is 0 Å². The van der Waals surface area contributed by atoms with Gasteiger partial charge in [0.05, 0.1) is 13.1 Å². The standard InChI is InChI=1S/C28H37N5O4/c1-3-4-5-9-16-31-19-25-32(24(27(31)36)17-21-12-14-23(34)15-13-21)26(35)20-30(2)33(25)28(37)29-18-22-10-7-6-8-11-22/h6-8,10-15,24-25,34H,3-5,9,16-20H2,1-2H3,(H,29,37)/t24-,25-/m0/s1. The Morgan fingerprint density at radius 3 is 2.43 bits per heavy atom. The molecule has 0 radical (unpaired) electrons. The van der Waals surface area contributed by atoms with E-state index in [1.807, 2.05) is 35.2 Å². The minimum Gasteiger partial charge on any atom is -0.508 e. The molecular formula is C28H37N5O4. The van der Waals surface area contributed by atoms with Crippen LogP contribution in [0.4, 0.5) is 4.79 Å². The Bertz CT molecular complexity index is 1080. The Morgan fingerprint density at radius 1 is 1.00 bits per heavy atom. The molecule has 9 heteroatoms. The van der Waals surface area contributed by atoms with Crippen LogP contribution in [-0.4, -0.2) is 81.7 Å². The van der Waals surface area contributed by atoms with E-state index in [4.69, 9.17) is 0 Å². The van der Waals surface area contributed by atoms with Gasteiger partial charge < -0.3 is 20.2 Å². The number of urea groups is 1. The molecule has 198 valence electrons. The van der Waals surface area contributed by atoms with Gasteiger partial charge in [-0.25, -0.2) is 14.8 Å². The van der Waals surface area contributed by atoms with E-state index in [2.05, 4.69) is 12.2 Å². The molecule has 2 atom stereocenters. The van der Waals surface area contributed by atoms with Crippen molar-refractivity contribution < 1.29 is 19.5 Å². The molecule has 4 rings (SSSR count). The minimum absolute atomic E-state index is 0.00507. The van der Waals surface area contributed by atoms with Crippen LogP contribution in [0.2, 0.25) is 0 Å². The number of nitrogens with one attached hydrogen (secondary N) is 1. The van der Waals surface area contributed by atoms with E-state index in [0.29, 0.717) is 19.5 Å². The Hall–Kier alpha value is -3.59. The molecular weight excluding hydrogens is 470 g/mol. The molecule has 0 unspecified atom stereocenters. The third-order valence-electron chi connectivity index (χ3n) is 7.08. The summed E-state index contributed by atoms with van der Waals surface area (Å²) in [6, 6.07) is 15.3. The van der Waals surface area contributed by atoms with Crippen molar-refractivity contribution in [1.82, 2.24) is 25.1 Å². The fraction of sp³-hybridized carbons (Fsp3) is 0.464. The SMILES string of the molecule is CCCCCCN1C[C@H]2N(C(=O)CN(C)N2C(=O)NCc2ccccc2)[C@@H](Cc2ccc(O)cc2)C1=O. The Kier molecular flexibility index (Phi) is 8.66. The number of rotatable bonds is 9. The average Bonchev–Trinajstić information content (AvgIpc) is 2.89. The first-order chi connectivity index (χ1) is 17.9. The Balaban J connectivity index is 1.59. The molecule has 2 N–H and O–H groups in total. The third kappa shape index (κ3) is 6.22. The number of amides is 4. The van der Waals surface area contributed by atoms with E-state index in [-0.39, 0.29) is 36.7 Å². The number of hydrazine groups is 1. The van der Waals surface area contributed by atoms with Crippen LogP contribution >= 0.6 is 0 Å². The first-order valence-corrected chi connectivity index (χ1v) is 13.1. The number of unbranched alkanes of at least 4 members (excludes halogenated alkanes) is 3. The summed E-state index contributed by atoms with van der Waals surface area (Å²) in [6.45, 7) is 3.37. The van der Waals surface area contributed by atoms with Crippen molar-refractivity contribution in [3.05, 3.63) is 65.7 Å². The summed E-state index contributed by atoms with van der Waals surface area (Å²) in [5.41, 5.74) is 1.82. The van der Waals surface area contributed by atoms with E-state index in [1.54, 1.807) is 46.2 Å². The maximum absolute atomic E-state index is 13.7. The van der Waals surface area contributed by atoms with Crippen LogP contribution in [0, 0.1) is 0 Å². The predicted octanol–water partition coefficient (Wildman–Crippen LogP) is 2.95. The van der Waals surface area contributed by atoms with E-state index >= 15 is 0 Å². The van der Waals surface area contributed by atoms with Gasteiger partial charge in [0.1, 0.15) is 18.0 Å². The van der Waals surface area contributed by atoms with E-state index in [0.717, 1.165) is 36.8 Å². The molecule has 0 bridgehead atoms. The van der Waals surface area contributed by atoms with Crippen molar-refractivity contribution in [1.29, 1.82) is 0 Å². The van der Waals surface area contributed by atoms with Crippen molar-refractivity contribution in [3.63, 3.8) is 0 Å². The van der Waals surface area contributed by atoms with Crippen molar-refractivity contribution in [3.8, 4) is 5.75 Å². The van der Waals surface area contributed by atoms with Crippen molar-refractivity contribution in [2.24, 2.45) is 0 Å². The van der Waals surface area contributed by atoms with Crippen LogP contribution in [0.3, 0.4) is 0 Å². The Morgan fingerprint density at radius 2 is 1.73 bits per heavy atom.